The minimum Gasteiger partial charge on any atom is -0.497 e. The number of ether oxygens (including phenoxy) is 2. The van der Waals surface area contributed by atoms with Crippen LogP contribution in [-0.2, 0) is 4.79 Å². The molecule has 0 aliphatic heterocycles. The Morgan fingerprint density at radius 1 is 1.29 bits per heavy atom. The van der Waals surface area contributed by atoms with Crippen molar-refractivity contribution < 1.29 is 24.2 Å². The summed E-state index contributed by atoms with van der Waals surface area (Å²) >= 11 is 3.33. The third kappa shape index (κ3) is 4.63. The zero-order valence-corrected chi connectivity index (χ0v) is 13.8. The molecule has 1 N–H and O–H groups in total. The smallest absolute Gasteiger partial charge is 0.303 e. The molecule has 7 heteroatoms. The number of nitrogens with zero attached hydrogens (tertiary/aromatic N) is 1. The lowest BCUT2D eigenvalue weighted by Gasteiger charge is -2.19. The molecule has 0 fully saturated rings. The number of carboxylic acids is 1. The Bertz CT molecular complexity index is 532. The first-order valence-electron chi connectivity index (χ1n) is 6.29. The Labute approximate surface area is 131 Å². The molecule has 1 aromatic carbocycles. The summed E-state index contributed by atoms with van der Waals surface area (Å²) in [7, 11) is 4.61. The van der Waals surface area contributed by atoms with E-state index in [0.29, 0.717) is 34.5 Å². The lowest BCUT2D eigenvalue weighted by molar-refractivity contribution is -0.137. The number of carbonyl (C=O) groups is 2. The Morgan fingerprint density at radius 3 is 2.48 bits per heavy atom. The number of methoxy groups -OCH3 is 2. The van der Waals surface area contributed by atoms with Crippen LogP contribution in [0.4, 0.5) is 0 Å². The molecule has 0 spiro atoms. The Morgan fingerprint density at radius 2 is 1.95 bits per heavy atom. The maximum Gasteiger partial charge on any atom is 0.303 e. The molecule has 1 rings (SSSR count). The molecular formula is C14H18BrNO5. The quantitative estimate of drug-likeness (QED) is 0.808. The van der Waals surface area contributed by atoms with Gasteiger partial charge in [-0.05, 0) is 34.5 Å². The number of benzene rings is 1. The minimum atomic E-state index is -0.877. The molecule has 0 bridgehead atoms. The van der Waals surface area contributed by atoms with Crippen LogP contribution in [0.3, 0.4) is 0 Å². The summed E-state index contributed by atoms with van der Waals surface area (Å²) in [6.07, 6.45) is 0.418. The lowest BCUT2D eigenvalue weighted by Crippen LogP contribution is -2.28. The van der Waals surface area contributed by atoms with Crippen molar-refractivity contribution in [2.75, 3.05) is 27.8 Å². The summed E-state index contributed by atoms with van der Waals surface area (Å²) in [6, 6.07) is 3.31. The molecular weight excluding hydrogens is 342 g/mol. The van der Waals surface area contributed by atoms with Crippen LogP contribution in [-0.4, -0.2) is 49.7 Å². The van der Waals surface area contributed by atoms with E-state index >= 15 is 0 Å². The normalized spacial score (nSPS) is 10.1. The molecule has 0 aromatic heterocycles. The molecule has 0 aliphatic carbocycles. The van der Waals surface area contributed by atoms with E-state index in [9.17, 15) is 9.59 Å². The standard InChI is InChI=1S/C14H18BrNO5/c1-16(6-4-5-12(17)18)14(19)10-7-9(20-2)8-11(15)13(10)21-3/h7-8H,4-6H2,1-3H3,(H,17,18). The lowest BCUT2D eigenvalue weighted by atomic mass is 10.1. The van der Waals surface area contributed by atoms with Gasteiger partial charge in [0, 0.05) is 20.0 Å². The van der Waals surface area contributed by atoms with Crippen molar-refractivity contribution in [2.24, 2.45) is 0 Å². The Balaban J connectivity index is 2.94. The number of halogens is 1. The average molecular weight is 360 g/mol. The molecule has 1 amide bonds. The second-order valence-corrected chi connectivity index (χ2v) is 5.27. The molecule has 0 radical (unpaired) electrons. The number of carbonyl (C=O) groups excluding carboxylic acids is 1. The van der Waals surface area contributed by atoms with E-state index in [2.05, 4.69) is 15.9 Å². The minimum absolute atomic E-state index is 0.0244. The van der Waals surface area contributed by atoms with E-state index < -0.39 is 5.97 Å². The molecule has 21 heavy (non-hydrogen) atoms. The second kappa shape index (κ2) is 7.87. The molecule has 0 heterocycles. The van der Waals surface area contributed by atoms with Gasteiger partial charge in [0.1, 0.15) is 11.5 Å². The van der Waals surface area contributed by atoms with Gasteiger partial charge in [-0.2, -0.15) is 0 Å². The highest BCUT2D eigenvalue weighted by atomic mass is 79.9. The van der Waals surface area contributed by atoms with E-state index in [1.807, 2.05) is 0 Å². The summed E-state index contributed by atoms with van der Waals surface area (Å²) in [6.45, 7) is 0.350. The molecule has 1 aromatic rings. The largest absolute Gasteiger partial charge is 0.497 e. The summed E-state index contributed by atoms with van der Waals surface area (Å²) in [5.74, 6) is -0.176. The fourth-order valence-corrected chi connectivity index (χ4v) is 2.43. The van der Waals surface area contributed by atoms with E-state index in [1.54, 1.807) is 19.2 Å². The van der Waals surface area contributed by atoms with Gasteiger partial charge in [0.2, 0.25) is 0 Å². The first-order chi connectivity index (χ1) is 9.90. The van der Waals surface area contributed by atoms with Crippen LogP contribution in [0.1, 0.15) is 23.2 Å². The van der Waals surface area contributed by atoms with E-state index in [-0.39, 0.29) is 12.3 Å². The molecule has 0 unspecified atom stereocenters. The number of carboxylic acid groups (broad SMARTS) is 1. The van der Waals surface area contributed by atoms with E-state index in [4.69, 9.17) is 14.6 Å². The number of aliphatic carboxylic acids is 1. The fraction of sp³-hybridized carbons (Fsp3) is 0.429. The molecule has 0 atom stereocenters. The van der Waals surface area contributed by atoms with E-state index in [0.717, 1.165) is 0 Å². The van der Waals surface area contributed by atoms with Crippen molar-refractivity contribution in [1.82, 2.24) is 4.90 Å². The second-order valence-electron chi connectivity index (χ2n) is 4.41. The molecule has 0 aliphatic rings. The topological polar surface area (TPSA) is 76.1 Å². The van der Waals surface area contributed by atoms with Gasteiger partial charge in [0.25, 0.3) is 5.91 Å². The van der Waals surface area contributed by atoms with Crippen molar-refractivity contribution >= 4 is 27.8 Å². The van der Waals surface area contributed by atoms with Crippen molar-refractivity contribution in [2.45, 2.75) is 12.8 Å². The highest BCUT2D eigenvalue weighted by Crippen LogP contribution is 2.34. The molecule has 116 valence electrons. The predicted molar refractivity (Wildman–Crippen MR) is 81.1 cm³/mol. The van der Waals surface area contributed by atoms with Gasteiger partial charge in [-0.25, -0.2) is 0 Å². The summed E-state index contributed by atoms with van der Waals surface area (Å²) in [5, 5.41) is 8.62. The molecule has 6 nitrogen and oxygen atoms in total. The van der Waals surface area contributed by atoms with Crippen LogP contribution >= 0.6 is 15.9 Å². The van der Waals surface area contributed by atoms with E-state index in [1.165, 1.54) is 19.1 Å². The predicted octanol–water partition coefficient (Wildman–Crippen LogP) is 2.40. The summed E-state index contributed by atoms with van der Waals surface area (Å²) in [4.78, 5) is 24.4. The summed E-state index contributed by atoms with van der Waals surface area (Å²) in [5.41, 5.74) is 0.363. The third-order valence-electron chi connectivity index (χ3n) is 2.92. The highest BCUT2D eigenvalue weighted by Gasteiger charge is 2.20. The van der Waals surface area contributed by atoms with Crippen LogP contribution in [0.2, 0.25) is 0 Å². The van der Waals surface area contributed by atoms with Crippen molar-refractivity contribution in [3.05, 3.63) is 22.2 Å². The Kier molecular flexibility index (Phi) is 6.48. The zero-order valence-electron chi connectivity index (χ0n) is 12.2. The molecule has 0 saturated carbocycles. The maximum absolute atomic E-state index is 12.4. The van der Waals surface area contributed by atoms with Crippen molar-refractivity contribution in [3.63, 3.8) is 0 Å². The number of hydrogen-bond donors (Lipinski definition) is 1. The average Bonchev–Trinajstić information content (AvgIpc) is 2.44. The van der Waals surface area contributed by atoms with Gasteiger partial charge in [-0.15, -0.1) is 0 Å². The van der Waals surface area contributed by atoms with Gasteiger partial charge >= 0.3 is 5.97 Å². The number of amides is 1. The number of hydrogen-bond acceptors (Lipinski definition) is 4. The first-order valence-corrected chi connectivity index (χ1v) is 7.08. The van der Waals surface area contributed by atoms with Gasteiger partial charge in [-0.1, -0.05) is 0 Å². The van der Waals surface area contributed by atoms with Crippen LogP contribution in [0.15, 0.2) is 16.6 Å². The summed E-state index contributed by atoms with van der Waals surface area (Å²) < 4.78 is 11.0. The highest BCUT2D eigenvalue weighted by molar-refractivity contribution is 9.10. The molecule has 0 saturated heterocycles. The Hall–Kier alpha value is -1.76. The van der Waals surface area contributed by atoms with Gasteiger partial charge in [-0.3, -0.25) is 9.59 Å². The van der Waals surface area contributed by atoms with Crippen molar-refractivity contribution in [3.8, 4) is 11.5 Å². The van der Waals surface area contributed by atoms with Crippen LogP contribution < -0.4 is 9.47 Å². The first kappa shape index (κ1) is 17.3. The van der Waals surface area contributed by atoms with Crippen LogP contribution in [0, 0.1) is 0 Å². The van der Waals surface area contributed by atoms with Crippen LogP contribution in [0.5, 0.6) is 11.5 Å². The number of rotatable bonds is 7. The van der Waals surface area contributed by atoms with Gasteiger partial charge in [0.05, 0.1) is 24.3 Å². The van der Waals surface area contributed by atoms with Crippen LogP contribution in [0.25, 0.3) is 0 Å². The SMILES string of the molecule is COc1cc(Br)c(OC)c(C(=O)N(C)CCCC(=O)O)c1. The van der Waals surface area contributed by atoms with Crippen molar-refractivity contribution in [1.29, 1.82) is 0 Å². The monoisotopic (exact) mass is 359 g/mol. The van der Waals surface area contributed by atoms with Gasteiger partial charge in [0.15, 0.2) is 0 Å². The maximum atomic E-state index is 12.4. The fourth-order valence-electron chi connectivity index (χ4n) is 1.83. The van der Waals surface area contributed by atoms with Gasteiger partial charge < -0.3 is 19.5 Å². The third-order valence-corrected chi connectivity index (χ3v) is 3.51. The zero-order chi connectivity index (χ0) is 16.0.